The molecule has 2 aromatic rings. The number of benzene rings is 1. The fraction of sp³-hybridized carbons (Fsp3) is 0.308. The summed E-state index contributed by atoms with van der Waals surface area (Å²) >= 11 is 1.16. The summed E-state index contributed by atoms with van der Waals surface area (Å²) in [4.78, 5) is 0. The first-order chi connectivity index (χ1) is 9.47. The second-order valence-electron chi connectivity index (χ2n) is 4.28. The summed E-state index contributed by atoms with van der Waals surface area (Å²) in [5.41, 5.74) is 7.48. The first-order valence-electron chi connectivity index (χ1n) is 6.08. The lowest BCUT2D eigenvalue weighted by molar-refractivity contribution is -0.134. The van der Waals surface area contributed by atoms with E-state index in [4.69, 9.17) is 5.73 Å². The molecule has 0 aliphatic heterocycles. The van der Waals surface area contributed by atoms with E-state index >= 15 is 0 Å². The highest BCUT2D eigenvalue weighted by Crippen LogP contribution is 2.36. The second-order valence-corrected chi connectivity index (χ2v) is 5.06. The number of alkyl halides is 3. The highest BCUT2D eigenvalue weighted by molar-refractivity contribution is 7.11. The van der Waals surface area contributed by atoms with Crippen LogP contribution in [0.3, 0.4) is 0 Å². The molecule has 20 heavy (non-hydrogen) atoms. The smallest absolute Gasteiger partial charge is 0.382 e. The minimum Gasteiger partial charge on any atom is -0.382 e. The summed E-state index contributed by atoms with van der Waals surface area (Å²) in [5.74, 6) is 0.388. The zero-order valence-electron chi connectivity index (χ0n) is 10.6. The van der Waals surface area contributed by atoms with Gasteiger partial charge in [0.05, 0.1) is 5.56 Å². The van der Waals surface area contributed by atoms with Gasteiger partial charge in [-0.15, -0.1) is 0 Å². The Morgan fingerprint density at radius 3 is 2.55 bits per heavy atom. The van der Waals surface area contributed by atoms with E-state index in [0.29, 0.717) is 10.8 Å². The highest BCUT2D eigenvalue weighted by atomic mass is 32.1. The molecule has 0 saturated carbocycles. The van der Waals surface area contributed by atoms with Crippen LogP contribution in [0, 0.1) is 0 Å². The molecular weight excluding hydrogens is 287 g/mol. The van der Waals surface area contributed by atoms with Crippen molar-refractivity contribution in [2.24, 2.45) is 0 Å². The summed E-state index contributed by atoms with van der Waals surface area (Å²) < 4.78 is 40.3. The average Bonchev–Trinajstić information content (AvgIpc) is 2.76. The Morgan fingerprint density at radius 1 is 1.20 bits per heavy atom. The molecule has 0 radical (unpaired) electrons. The normalized spacial score (nSPS) is 11.6. The topological polar surface area (TPSA) is 50.9 Å². The third-order valence-electron chi connectivity index (χ3n) is 2.70. The fourth-order valence-corrected chi connectivity index (χ4v) is 2.56. The van der Waals surface area contributed by atoms with Crippen molar-refractivity contribution < 1.29 is 13.2 Å². The molecular formula is C13H14F3N3S. The molecule has 0 atom stereocenters. The van der Waals surface area contributed by atoms with Gasteiger partial charge < -0.3 is 11.1 Å². The van der Waals surface area contributed by atoms with Crippen LogP contribution in [0.1, 0.15) is 12.8 Å². The van der Waals surface area contributed by atoms with Gasteiger partial charge in [0.15, 0.2) is 0 Å². The Kier molecular flexibility index (Phi) is 4.49. The number of rotatable bonds is 5. The number of aromatic nitrogens is 1. The first-order valence-corrected chi connectivity index (χ1v) is 6.86. The van der Waals surface area contributed by atoms with Crippen LogP contribution in [0.5, 0.6) is 0 Å². The van der Waals surface area contributed by atoms with E-state index in [-0.39, 0.29) is 13.0 Å². The minimum absolute atomic E-state index is 0.0233. The predicted octanol–water partition coefficient (Wildman–Crippen LogP) is 4.15. The quantitative estimate of drug-likeness (QED) is 0.816. The van der Waals surface area contributed by atoms with Crippen molar-refractivity contribution in [3.05, 3.63) is 30.3 Å². The van der Waals surface area contributed by atoms with Crippen molar-refractivity contribution in [1.82, 2.24) is 4.37 Å². The maximum absolute atomic E-state index is 12.1. The van der Waals surface area contributed by atoms with E-state index in [0.717, 1.165) is 22.7 Å². The van der Waals surface area contributed by atoms with Crippen molar-refractivity contribution in [3.63, 3.8) is 0 Å². The lowest BCUT2D eigenvalue weighted by Crippen LogP contribution is -2.10. The lowest BCUT2D eigenvalue weighted by atomic mass is 10.1. The standard InChI is InChI=1S/C13H14F3N3S/c14-13(15,16)7-4-8-18-12-10(11(17)19-20-12)9-5-2-1-3-6-9/h1-3,5-6,18H,4,7-8H2,(H2,17,19). The largest absolute Gasteiger partial charge is 0.389 e. The minimum atomic E-state index is -4.11. The molecule has 1 heterocycles. The van der Waals surface area contributed by atoms with Crippen molar-refractivity contribution in [1.29, 1.82) is 0 Å². The second kappa shape index (κ2) is 6.13. The molecule has 3 N–H and O–H groups in total. The number of nitrogen functional groups attached to an aromatic ring is 1. The molecule has 3 nitrogen and oxygen atoms in total. The molecule has 0 aliphatic rings. The van der Waals surface area contributed by atoms with Crippen LogP contribution in [0.15, 0.2) is 30.3 Å². The average molecular weight is 301 g/mol. The number of halogens is 3. The van der Waals surface area contributed by atoms with Gasteiger partial charge in [0, 0.05) is 13.0 Å². The molecule has 108 valence electrons. The summed E-state index contributed by atoms with van der Waals surface area (Å²) in [6.45, 7) is 0.237. The van der Waals surface area contributed by atoms with Crippen LogP contribution >= 0.6 is 11.5 Å². The summed E-state index contributed by atoms with van der Waals surface area (Å²) in [6, 6.07) is 9.41. The van der Waals surface area contributed by atoms with Gasteiger partial charge in [-0.3, -0.25) is 0 Å². The van der Waals surface area contributed by atoms with E-state index in [1.807, 2.05) is 30.3 Å². The van der Waals surface area contributed by atoms with E-state index in [1.54, 1.807) is 0 Å². The van der Waals surface area contributed by atoms with E-state index in [2.05, 4.69) is 9.69 Å². The molecule has 7 heteroatoms. The molecule has 1 aromatic heterocycles. The Bertz CT molecular complexity index is 552. The molecule has 0 amide bonds. The maximum atomic E-state index is 12.1. The zero-order chi connectivity index (χ0) is 14.6. The summed E-state index contributed by atoms with van der Waals surface area (Å²) in [6.07, 6.45) is -4.89. The first kappa shape index (κ1) is 14.6. The molecule has 1 aromatic carbocycles. The molecule has 2 rings (SSSR count). The number of hydrogen-bond acceptors (Lipinski definition) is 4. The monoisotopic (exact) mass is 301 g/mol. The molecule has 0 fully saturated rings. The van der Waals surface area contributed by atoms with Gasteiger partial charge in [0.1, 0.15) is 10.8 Å². The van der Waals surface area contributed by atoms with Crippen LogP contribution in [-0.4, -0.2) is 17.1 Å². The van der Waals surface area contributed by atoms with Crippen LogP contribution in [0.4, 0.5) is 24.0 Å². The highest BCUT2D eigenvalue weighted by Gasteiger charge is 2.26. The number of anilines is 2. The molecule has 0 unspecified atom stereocenters. The third-order valence-corrected chi connectivity index (χ3v) is 3.52. The number of hydrogen-bond donors (Lipinski definition) is 2. The third kappa shape index (κ3) is 3.86. The molecule has 0 spiro atoms. The SMILES string of the molecule is Nc1nsc(NCCCC(F)(F)F)c1-c1ccccc1. The van der Waals surface area contributed by atoms with Crippen LogP contribution in [0.25, 0.3) is 11.1 Å². The van der Waals surface area contributed by atoms with Crippen molar-refractivity contribution in [2.75, 3.05) is 17.6 Å². The van der Waals surface area contributed by atoms with Gasteiger partial charge in [-0.2, -0.15) is 17.5 Å². The van der Waals surface area contributed by atoms with Crippen LogP contribution in [0.2, 0.25) is 0 Å². The van der Waals surface area contributed by atoms with Crippen molar-refractivity contribution >= 4 is 22.4 Å². The van der Waals surface area contributed by atoms with Gasteiger partial charge in [0.25, 0.3) is 0 Å². The van der Waals surface area contributed by atoms with Crippen LogP contribution in [-0.2, 0) is 0 Å². The van der Waals surface area contributed by atoms with Crippen LogP contribution < -0.4 is 11.1 Å². The van der Waals surface area contributed by atoms with Gasteiger partial charge in [-0.25, -0.2) is 0 Å². The molecule has 0 aliphatic carbocycles. The molecule has 0 bridgehead atoms. The molecule has 0 saturated heterocycles. The number of nitrogens with zero attached hydrogens (tertiary/aromatic N) is 1. The van der Waals surface area contributed by atoms with Gasteiger partial charge >= 0.3 is 6.18 Å². The van der Waals surface area contributed by atoms with Gasteiger partial charge in [0.2, 0.25) is 0 Å². The predicted molar refractivity (Wildman–Crippen MR) is 75.7 cm³/mol. The van der Waals surface area contributed by atoms with Crippen molar-refractivity contribution in [2.45, 2.75) is 19.0 Å². The Balaban J connectivity index is 2.03. The summed E-state index contributed by atoms with van der Waals surface area (Å²) in [7, 11) is 0. The Labute approximate surface area is 118 Å². The summed E-state index contributed by atoms with van der Waals surface area (Å²) in [5, 5.41) is 3.69. The Morgan fingerprint density at radius 2 is 1.90 bits per heavy atom. The van der Waals surface area contributed by atoms with E-state index in [1.165, 1.54) is 0 Å². The Hall–Kier alpha value is -1.76. The maximum Gasteiger partial charge on any atom is 0.389 e. The van der Waals surface area contributed by atoms with E-state index < -0.39 is 12.6 Å². The van der Waals surface area contributed by atoms with Gasteiger partial charge in [-0.05, 0) is 23.5 Å². The van der Waals surface area contributed by atoms with Gasteiger partial charge in [-0.1, -0.05) is 30.3 Å². The zero-order valence-corrected chi connectivity index (χ0v) is 11.4. The van der Waals surface area contributed by atoms with Crippen molar-refractivity contribution in [3.8, 4) is 11.1 Å². The lowest BCUT2D eigenvalue weighted by Gasteiger charge is -2.09. The fourth-order valence-electron chi connectivity index (χ4n) is 1.80. The van der Waals surface area contributed by atoms with E-state index in [9.17, 15) is 13.2 Å². The number of nitrogens with two attached hydrogens (primary N) is 1. The number of nitrogens with one attached hydrogen (secondary N) is 1.